The Bertz CT molecular complexity index is 159. The molecule has 1 atom stereocenters. The highest BCUT2D eigenvalue weighted by atomic mass is 35.5. The van der Waals surface area contributed by atoms with E-state index in [0.717, 1.165) is 19.5 Å². The molecule has 1 heterocycles. The molecule has 13 heavy (non-hydrogen) atoms. The Morgan fingerprint density at radius 3 is 3.08 bits per heavy atom. The van der Waals surface area contributed by atoms with Gasteiger partial charge in [0.05, 0.1) is 0 Å². The summed E-state index contributed by atoms with van der Waals surface area (Å²) in [5.74, 6) is 0.683. The van der Waals surface area contributed by atoms with E-state index in [4.69, 9.17) is 16.7 Å². The SMILES string of the molecule is OCCC1CCCN(CC=CCl)C1. The first kappa shape index (κ1) is 11.0. The van der Waals surface area contributed by atoms with Crippen molar-refractivity contribution in [1.82, 2.24) is 4.90 Å². The van der Waals surface area contributed by atoms with Crippen LogP contribution in [0.1, 0.15) is 19.3 Å². The Balaban J connectivity index is 2.24. The molecule has 1 aliphatic rings. The van der Waals surface area contributed by atoms with Gasteiger partial charge in [-0.1, -0.05) is 17.7 Å². The predicted octanol–water partition coefficient (Wildman–Crippen LogP) is 1.83. The van der Waals surface area contributed by atoms with Crippen LogP contribution in [0.15, 0.2) is 11.6 Å². The number of halogens is 1. The van der Waals surface area contributed by atoms with E-state index < -0.39 is 0 Å². The van der Waals surface area contributed by atoms with E-state index in [0.29, 0.717) is 12.5 Å². The van der Waals surface area contributed by atoms with Crippen LogP contribution in [0, 0.1) is 5.92 Å². The molecule has 0 radical (unpaired) electrons. The van der Waals surface area contributed by atoms with Crippen LogP contribution in [-0.4, -0.2) is 36.2 Å². The molecule has 0 aromatic rings. The van der Waals surface area contributed by atoms with Crippen molar-refractivity contribution >= 4 is 11.6 Å². The number of hydrogen-bond acceptors (Lipinski definition) is 2. The molecule has 0 spiro atoms. The van der Waals surface area contributed by atoms with Crippen LogP contribution < -0.4 is 0 Å². The van der Waals surface area contributed by atoms with Crippen molar-refractivity contribution in [2.45, 2.75) is 19.3 Å². The minimum Gasteiger partial charge on any atom is -0.396 e. The summed E-state index contributed by atoms with van der Waals surface area (Å²) in [5, 5.41) is 8.83. The number of hydrogen-bond donors (Lipinski definition) is 1. The summed E-state index contributed by atoms with van der Waals surface area (Å²) >= 11 is 5.47. The summed E-state index contributed by atoms with van der Waals surface area (Å²) in [5.41, 5.74) is 1.58. The first-order valence-corrected chi connectivity index (χ1v) is 5.39. The van der Waals surface area contributed by atoms with E-state index in [1.165, 1.54) is 19.4 Å². The number of rotatable bonds is 4. The fourth-order valence-corrected chi connectivity index (χ4v) is 2.00. The van der Waals surface area contributed by atoms with Crippen LogP contribution in [-0.2, 0) is 0 Å². The summed E-state index contributed by atoms with van der Waals surface area (Å²) in [6.45, 7) is 3.56. The fraction of sp³-hybridized carbons (Fsp3) is 0.800. The van der Waals surface area contributed by atoms with Gasteiger partial charge < -0.3 is 5.11 Å². The first-order valence-electron chi connectivity index (χ1n) is 4.95. The Labute approximate surface area is 85.2 Å². The molecule has 0 amide bonds. The third-order valence-corrected chi connectivity index (χ3v) is 2.77. The van der Waals surface area contributed by atoms with Crippen molar-refractivity contribution < 1.29 is 5.11 Å². The molecule has 1 aliphatic heterocycles. The molecule has 2 nitrogen and oxygen atoms in total. The first-order chi connectivity index (χ1) is 6.36. The van der Waals surface area contributed by atoms with E-state index in [1.807, 2.05) is 6.08 Å². The second-order valence-electron chi connectivity index (χ2n) is 3.64. The van der Waals surface area contributed by atoms with Gasteiger partial charge in [-0.05, 0) is 31.7 Å². The van der Waals surface area contributed by atoms with Gasteiger partial charge in [0.25, 0.3) is 0 Å². The van der Waals surface area contributed by atoms with Gasteiger partial charge in [-0.25, -0.2) is 0 Å². The highest BCUT2D eigenvalue weighted by Crippen LogP contribution is 2.18. The number of likely N-dealkylation sites (tertiary alicyclic amines) is 1. The van der Waals surface area contributed by atoms with Crippen molar-refractivity contribution in [3.8, 4) is 0 Å². The van der Waals surface area contributed by atoms with Crippen LogP contribution in [0.25, 0.3) is 0 Å². The molecule has 0 bridgehead atoms. The maximum atomic E-state index is 8.83. The standard InChI is InChI=1S/C10H18ClNO/c11-5-2-7-12-6-1-3-10(9-12)4-8-13/h2,5,10,13H,1,3-4,6-9H2. The van der Waals surface area contributed by atoms with E-state index in [9.17, 15) is 0 Å². The van der Waals surface area contributed by atoms with Crippen LogP contribution in [0.3, 0.4) is 0 Å². The Hall–Kier alpha value is -0.0500. The lowest BCUT2D eigenvalue weighted by Crippen LogP contribution is -2.35. The lowest BCUT2D eigenvalue weighted by molar-refractivity contribution is 0.159. The molecule has 0 aromatic heterocycles. The molecule has 0 aromatic carbocycles. The Morgan fingerprint density at radius 2 is 2.38 bits per heavy atom. The molecule has 1 fully saturated rings. The second-order valence-corrected chi connectivity index (χ2v) is 3.89. The van der Waals surface area contributed by atoms with Crippen molar-refractivity contribution in [3.63, 3.8) is 0 Å². The second kappa shape index (κ2) is 6.41. The molecule has 1 N–H and O–H groups in total. The zero-order valence-electron chi connectivity index (χ0n) is 7.95. The molecular formula is C10H18ClNO. The van der Waals surface area contributed by atoms with Gasteiger partial charge in [-0.3, -0.25) is 4.90 Å². The van der Waals surface area contributed by atoms with Gasteiger partial charge in [-0.15, -0.1) is 0 Å². The van der Waals surface area contributed by atoms with Crippen LogP contribution in [0.2, 0.25) is 0 Å². The van der Waals surface area contributed by atoms with E-state index in [-0.39, 0.29) is 0 Å². The number of aliphatic hydroxyl groups excluding tert-OH is 1. The van der Waals surface area contributed by atoms with E-state index in [2.05, 4.69) is 4.90 Å². The lowest BCUT2D eigenvalue weighted by Gasteiger charge is -2.31. The molecule has 1 saturated heterocycles. The molecule has 0 saturated carbocycles. The smallest absolute Gasteiger partial charge is 0.0434 e. The summed E-state index contributed by atoms with van der Waals surface area (Å²) in [7, 11) is 0. The largest absolute Gasteiger partial charge is 0.396 e. The minimum atomic E-state index is 0.323. The molecule has 1 rings (SSSR count). The zero-order chi connectivity index (χ0) is 9.52. The number of nitrogens with zero attached hydrogens (tertiary/aromatic N) is 1. The Kier molecular flexibility index (Phi) is 5.44. The average Bonchev–Trinajstić information content (AvgIpc) is 2.16. The van der Waals surface area contributed by atoms with Gasteiger partial charge in [0.1, 0.15) is 0 Å². The van der Waals surface area contributed by atoms with Gasteiger partial charge in [-0.2, -0.15) is 0 Å². The van der Waals surface area contributed by atoms with Crippen molar-refractivity contribution in [2.75, 3.05) is 26.2 Å². The maximum absolute atomic E-state index is 8.83. The Morgan fingerprint density at radius 1 is 1.54 bits per heavy atom. The maximum Gasteiger partial charge on any atom is 0.0434 e. The zero-order valence-corrected chi connectivity index (χ0v) is 8.71. The van der Waals surface area contributed by atoms with E-state index >= 15 is 0 Å². The summed E-state index contributed by atoms with van der Waals surface area (Å²) in [6, 6.07) is 0. The quantitative estimate of drug-likeness (QED) is 0.754. The molecule has 0 aliphatic carbocycles. The summed E-state index contributed by atoms with van der Waals surface area (Å²) < 4.78 is 0. The third kappa shape index (κ3) is 4.12. The van der Waals surface area contributed by atoms with Gasteiger partial charge in [0.2, 0.25) is 0 Å². The predicted molar refractivity (Wildman–Crippen MR) is 55.9 cm³/mol. The normalized spacial score (nSPS) is 25.5. The molecule has 1 unspecified atom stereocenters. The van der Waals surface area contributed by atoms with Crippen LogP contribution >= 0.6 is 11.6 Å². The van der Waals surface area contributed by atoms with Crippen molar-refractivity contribution in [3.05, 3.63) is 11.6 Å². The van der Waals surface area contributed by atoms with Gasteiger partial charge in [0, 0.05) is 25.2 Å². The number of aliphatic hydroxyl groups is 1. The van der Waals surface area contributed by atoms with Crippen LogP contribution in [0.5, 0.6) is 0 Å². The minimum absolute atomic E-state index is 0.323. The van der Waals surface area contributed by atoms with Gasteiger partial charge >= 0.3 is 0 Å². The highest BCUT2D eigenvalue weighted by Gasteiger charge is 2.17. The fourth-order valence-electron chi connectivity index (χ4n) is 1.92. The van der Waals surface area contributed by atoms with Crippen LogP contribution in [0.4, 0.5) is 0 Å². The monoisotopic (exact) mass is 203 g/mol. The molecular weight excluding hydrogens is 186 g/mol. The lowest BCUT2D eigenvalue weighted by atomic mass is 9.95. The van der Waals surface area contributed by atoms with Crippen molar-refractivity contribution in [2.24, 2.45) is 5.92 Å². The third-order valence-electron chi connectivity index (χ3n) is 2.59. The van der Waals surface area contributed by atoms with Gasteiger partial charge in [0.15, 0.2) is 0 Å². The van der Waals surface area contributed by atoms with Crippen molar-refractivity contribution in [1.29, 1.82) is 0 Å². The molecule has 3 heteroatoms. The topological polar surface area (TPSA) is 23.5 Å². The summed E-state index contributed by atoms with van der Waals surface area (Å²) in [4.78, 5) is 2.39. The van der Waals surface area contributed by atoms with E-state index in [1.54, 1.807) is 5.54 Å². The summed E-state index contributed by atoms with van der Waals surface area (Å²) in [6.07, 6.45) is 5.44. The molecule has 76 valence electrons. The average molecular weight is 204 g/mol. The highest BCUT2D eigenvalue weighted by molar-refractivity contribution is 6.25. The number of piperidine rings is 1.